The Morgan fingerprint density at radius 1 is 1.17 bits per heavy atom. The highest BCUT2D eigenvalue weighted by Crippen LogP contribution is 2.43. The van der Waals surface area contributed by atoms with Gasteiger partial charge in [0, 0.05) is 11.5 Å². The zero-order chi connectivity index (χ0) is 16.5. The smallest absolute Gasteiger partial charge is 0.118 e. The number of ether oxygens (including phenoxy) is 1. The molecule has 2 atom stereocenters. The average molecular weight is 322 g/mol. The van der Waals surface area contributed by atoms with Crippen LogP contribution in [-0.2, 0) is 6.42 Å². The van der Waals surface area contributed by atoms with Crippen molar-refractivity contribution in [2.45, 2.75) is 18.9 Å². The van der Waals surface area contributed by atoms with Crippen LogP contribution in [0.3, 0.4) is 0 Å². The number of methoxy groups -OCH3 is 1. The molecule has 2 aromatic rings. The lowest BCUT2D eigenvalue weighted by atomic mass is 9.77. The lowest BCUT2D eigenvalue weighted by Crippen LogP contribution is -2.30. The van der Waals surface area contributed by atoms with Gasteiger partial charge in [0.25, 0.3) is 0 Å². The molecule has 1 heterocycles. The third kappa shape index (κ3) is 2.47. The Kier molecular flexibility index (Phi) is 3.98. The molecule has 0 amide bonds. The first-order chi connectivity index (χ1) is 11.8. The highest BCUT2D eigenvalue weighted by atomic mass is 16.5. The van der Waals surface area contributed by atoms with Crippen LogP contribution in [0.1, 0.15) is 29.2 Å². The quantitative estimate of drug-likeness (QED) is 0.941. The Hall–Kier alpha value is -2.33. The molecule has 0 unspecified atom stereocenters. The van der Waals surface area contributed by atoms with Crippen LogP contribution in [0.5, 0.6) is 5.75 Å². The molecule has 4 nitrogen and oxygen atoms in total. The molecule has 0 saturated carbocycles. The van der Waals surface area contributed by atoms with Gasteiger partial charge in [-0.05, 0) is 36.1 Å². The van der Waals surface area contributed by atoms with E-state index in [2.05, 4.69) is 41.4 Å². The number of aryl methyl sites for hydroxylation is 1. The molecule has 0 aromatic heterocycles. The van der Waals surface area contributed by atoms with E-state index in [9.17, 15) is 5.11 Å². The van der Waals surface area contributed by atoms with Gasteiger partial charge in [0.1, 0.15) is 5.75 Å². The molecule has 0 saturated heterocycles. The van der Waals surface area contributed by atoms with Crippen molar-refractivity contribution in [1.82, 2.24) is 5.01 Å². The SMILES string of the molecule is COc1ccc([C@H]2[C@@H]3CCc4ccccc4C3=NN2CCO)cc1. The van der Waals surface area contributed by atoms with E-state index >= 15 is 0 Å². The fourth-order valence-corrected chi connectivity index (χ4v) is 3.98. The molecule has 24 heavy (non-hydrogen) atoms. The third-order valence-corrected chi connectivity index (χ3v) is 5.09. The van der Waals surface area contributed by atoms with Crippen molar-refractivity contribution in [3.63, 3.8) is 0 Å². The van der Waals surface area contributed by atoms with Gasteiger partial charge in [-0.15, -0.1) is 0 Å². The maximum Gasteiger partial charge on any atom is 0.118 e. The zero-order valence-corrected chi connectivity index (χ0v) is 13.9. The highest BCUT2D eigenvalue weighted by Gasteiger charge is 2.40. The van der Waals surface area contributed by atoms with Crippen molar-refractivity contribution >= 4 is 5.71 Å². The van der Waals surface area contributed by atoms with Crippen LogP contribution in [-0.4, -0.2) is 36.1 Å². The summed E-state index contributed by atoms with van der Waals surface area (Å²) in [5.41, 5.74) is 5.05. The maximum atomic E-state index is 9.47. The van der Waals surface area contributed by atoms with Crippen LogP contribution in [0.4, 0.5) is 0 Å². The minimum absolute atomic E-state index is 0.109. The topological polar surface area (TPSA) is 45.1 Å². The van der Waals surface area contributed by atoms with Crippen molar-refractivity contribution in [3.8, 4) is 5.75 Å². The number of rotatable bonds is 4. The fraction of sp³-hybridized carbons (Fsp3) is 0.350. The Labute approximate surface area is 142 Å². The molecular formula is C20H22N2O2. The lowest BCUT2D eigenvalue weighted by molar-refractivity contribution is 0.152. The Bertz CT molecular complexity index is 754. The second-order valence-corrected chi connectivity index (χ2v) is 6.39. The Balaban J connectivity index is 1.72. The monoisotopic (exact) mass is 322 g/mol. The molecule has 2 aliphatic rings. The number of nitrogens with zero attached hydrogens (tertiary/aromatic N) is 2. The van der Waals surface area contributed by atoms with Gasteiger partial charge in [-0.1, -0.05) is 36.4 Å². The molecule has 0 radical (unpaired) electrons. The highest BCUT2D eigenvalue weighted by molar-refractivity contribution is 6.05. The summed E-state index contributed by atoms with van der Waals surface area (Å²) in [5.74, 6) is 1.24. The molecule has 4 rings (SSSR count). The Morgan fingerprint density at radius 3 is 2.71 bits per heavy atom. The molecule has 124 valence electrons. The molecule has 4 heteroatoms. The van der Waals surface area contributed by atoms with Gasteiger partial charge in [-0.3, -0.25) is 5.01 Å². The average Bonchev–Trinajstić information content (AvgIpc) is 3.00. The largest absolute Gasteiger partial charge is 0.497 e. The first-order valence-corrected chi connectivity index (χ1v) is 8.50. The number of aliphatic hydroxyl groups is 1. The number of aliphatic hydroxyl groups excluding tert-OH is 1. The van der Waals surface area contributed by atoms with Gasteiger partial charge in [-0.2, -0.15) is 5.10 Å². The summed E-state index contributed by atoms with van der Waals surface area (Å²) in [6, 6.07) is 17.0. The van der Waals surface area contributed by atoms with Crippen molar-refractivity contribution in [1.29, 1.82) is 0 Å². The molecule has 2 aromatic carbocycles. The summed E-state index contributed by atoms with van der Waals surface area (Å²) in [6.07, 6.45) is 2.17. The summed E-state index contributed by atoms with van der Waals surface area (Å²) in [7, 11) is 1.68. The maximum absolute atomic E-state index is 9.47. The van der Waals surface area contributed by atoms with E-state index in [1.165, 1.54) is 22.4 Å². The second-order valence-electron chi connectivity index (χ2n) is 6.39. The number of hydrazone groups is 1. The van der Waals surface area contributed by atoms with Gasteiger partial charge in [0.2, 0.25) is 0 Å². The van der Waals surface area contributed by atoms with E-state index in [1.807, 2.05) is 12.1 Å². The predicted molar refractivity (Wildman–Crippen MR) is 94.3 cm³/mol. The number of hydrogen-bond donors (Lipinski definition) is 1. The van der Waals surface area contributed by atoms with Crippen LogP contribution in [0.25, 0.3) is 0 Å². The normalized spacial score (nSPS) is 21.9. The number of β-amino-alcohol motifs (C(OH)–C–C–N with tert-alkyl or cyclic N) is 1. The number of benzene rings is 2. The van der Waals surface area contributed by atoms with Gasteiger partial charge >= 0.3 is 0 Å². The van der Waals surface area contributed by atoms with E-state index in [0.29, 0.717) is 12.5 Å². The zero-order valence-electron chi connectivity index (χ0n) is 13.9. The van der Waals surface area contributed by atoms with Crippen molar-refractivity contribution in [2.24, 2.45) is 11.0 Å². The van der Waals surface area contributed by atoms with E-state index in [0.717, 1.165) is 18.6 Å². The van der Waals surface area contributed by atoms with Gasteiger partial charge in [0.05, 0.1) is 32.0 Å². The molecule has 1 aliphatic heterocycles. The molecule has 1 aliphatic carbocycles. The van der Waals surface area contributed by atoms with Crippen LogP contribution in [0, 0.1) is 5.92 Å². The van der Waals surface area contributed by atoms with E-state index in [4.69, 9.17) is 9.84 Å². The summed E-state index contributed by atoms with van der Waals surface area (Å²) in [5, 5.41) is 16.4. The summed E-state index contributed by atoms with van der Waals surface area (Å²) in [4.78, 5) is 0. The van der Waals surface area contributed by atoms with Crippen molar-refractivity contribution in [3.05, 3.63) is 65.2 Å². The molecule has 0 spiro atoms. The lowest BCUT2D eigenvalue weighted by Gasteiger charge is -2.30. The standard InChI is InChI=1S/C20H22N2O2/c1-24-16-9-6-15(7-10-16)20-18-11-8-14-4-2-3-5-17(14)19(18)21-22(20)12-13-23/h2-7,9-10,18,20,23H,8,11-13H2,1H3/t18-,20+/m1/s1. The summed E-state index contributed by atoms with van der Waals surface area (Å²) in [6.45, 7) is 0.663. The summed E-state index contributed by atoms with van der Waals surface area (Å²) >= 11 is 0. The van der Waals surface area contributed by atoms with Gasteiger partial charge in [-0.25, -0.2) is 0 Å². The summed E-state index contributed by atoms with van der Waals surface area (Å²) < 4.78 is 5.28. The minimum atomic E-state index is 0.109. The molecule has 1 N–H and O–H groups in total. The number of fused-ring (bicyclic) bond motifs is 3. The predicted octanol–water partition coefficient (Wildman–Crippen LogP) is 3.01. The van der Waals surface area contributed by atoms with Crippen LogP contribution >= 0.6 is 0 Å². The molecule has 0 bridgehead atoms. The minimum Gasteiger partial charge on any atom is -0.497 e. The van der Waals surface area contributed by atoms with Gasteiger partial charge < -0.3 is 9.84 Å². The van der Waals surface area contributed by atoms with Crippen molar-refractivity contribution < 1.29 is 9.84 Å². The van der Waals surface area contributed by atoms with Crippen LogP contribution < -0.4 is 4.74 Å². The second kappa shape index (κ2) is 6.29. The van der Waals surface area contributed by atoms with Crippen molar-refractivity contribution in [2.75, 3.05) is 20.3 Å². The number of hydrogen-bond acceptors (Lipinski definition) is 4. The third-order valence-electron chi connectivity index (χ3n) is 5.09. The van der Waals surface area contributed by atoms with Crippen LogP contribution in [0.2, 0.25) is 0 Å². The Morgan fingerprint density at radius 2 is 1.96 bits per heavy atom. The fourth-order valence-electron chi connectivity index (χ4n) is 3.98. The van der Waals surface area contributed by atoms with E-state index in [1.54, 1.807) is 7.11 Å². The molecular weight excluding hydrogens is 300 g/mol. The molecule has 0 fully saturated rings. The van der Waals surface area contributed by atoms with Gasteiger partial charge in [0.15, 0.2) is 0 Å². The first-order valence-electron chi connectivity index (χ1n) is 8.50. The van der Waals surface area contributed by atoms with Crippen LogP contribution in [0.15, 0.2) is 53.6 Å². The van der Waals surface area contributed by atoms with E-state index in [-0.39, 0.29) is 12.6 Å². The van der Waals surface area contributed by atoms with E-state index < -0.39 is 0 Å². The first kappa shape index (κ1) is 15.2.